The molecule has 0 bridgehead atoms. The first-order valence-electron chi connectivity index (χ1n) is 7.19. The van der Waals surface area contributed by atoms with Gasteiger partial charge in [-0.05, 0) is 29.6 Å². The molecule has 0 fully saturated rings. The molecule has 0 aliphatic carbocycles. The van der Waals surface area contributed by atoms with Gasteiger partial charge in [0.25, 0.3) is 5.91 Å². The number of guanidine groups is 1. The van der Waals surface area contributed by atoms with E-state index >= 15 is 0 Å². The fourth-order valence-electron chi connectivity index (χ4n) is 1.89. The van der Waals surface area contributed by atoms with E-state index in [-0.39, 0.29) is 5.91 Å². The van der Waals surface area contributed by atoms with Gasteiger partial charge in [-0.2, -0.15) is 0 Å². The highest BCUT2D eigenvalue weighted by atomic mass is 79.9. The molecule has 1 amide bonds. The van der Waals surface area contributed by atoms with Crippen molar-refractivity contribution in [2.24, 2.45) is 4.99 Å². The smallest absolute Gasteiger partial charge is 0.251 e. The fraction of sp³-hybridized carbons (Fsp3) is 0.250. The average molecular weight is 395 g/mol. The van der Waals surface area contributed by atoms with E-state index in [1.54, 1.807) is 30.5 Å². The van der Waals surface area contributed by atoms with Crippen LogP contribution in [0, 0.1) is 0 Å². The molecule has 2 rings (SSSR count). The number of benzene rings is 1. The first kappa shape index (κ1) is 17.5. The Morgan fingerprint density at radius 1 is 1.17 bits per heavy atom. The van der Waals surface area contributed by atoms with Gasteiger partial charge in [0.15, 0.2) is 5.96 Å². The van der Waals surface area contributed by atoms with Crippen molar-refractivity contribution in [1.29, 1.82) is 0 Å². The summed E-state index contributed by atoms with van der Waals surface area (Å²) in [4.78, 5) is 17.4. The third kappa shape index (κ3) is 6.03. The molecule has 0 radical (unpaired) electrons. The summed E-state index contributed by atoms with van der Waals surface area (Å²) in [6, 6.07) is 11.4. The third-order valence-electron chi connectivity index (χ3n) is 3.02. The molecule has 0 spiro atoms. The molecular weight excluding hydrogens is 376 g/mol. The van der Waals surface area contributed by atoms with Gasteiger partial charge in [-0.1, -0.05) is 28.1 Å². The highest BCUT2D eigenvalue weighted by molar-refractivity contribution is 9.10. The molecule has 0 aliphatic heterocycles. The van der Waals surface area contributed by atoms with Crippen LogP contribution in [0.5, 0.6) is 0 Å². The summed E-state index contributed by atoms with van der Waals surface area (Å²) >= 11 is 5.06. The second-order valence-corrected chi connectivity index (χ2v) is 6.65. The van der Waals surface area contributed by atoms with Gasteiger partial charge in [-0.15, -0.1) is 11.3 Å². The van der Waals surface area contributed by atoms with Gasteiger partial charge in [0.2, 0.25) is 0 Å². The second-order valence-electron chi connectivity index (χ2n) is 4.70. The molecule has 3 N–H and O–H groups in total. The van der Waals surface area contributed by atoms with Crippen LogP contribution in [0.4, 0.5) is 0 Å². The van der Waals surface area contributed by atoms with Crippen LogP contribution >= 0.6 is 27.3 Å². The zero-order valence-corrected chi connectivity index (χ0v) is 15.2. The van der Waals surface area contributed by atoms with Crippen LogP contribution in [0.3, 0.4) is 0 Å². The normalized spacial score (nSPS) is 11.1. The maximum Gasteiger partial charge on any atom is 0.251 e. The molecule has 5 nitrogen and oxygen atoms in total. The lowest BCUT2D eigenvalue weighted by molar-refractivity contribution is 0.0954. The van der Waals surface area contributed by atoms with E-state index in [2.05, 4.69) is 42.9 Å². The molecule has 122 valence electrons. The Morgan fingerprint density at radius 2 is 2.00 bits per heavy atom. The van der Waals surface area contributed by atoms with Crippen molar-refractivity contribution < 1.29 is 4.79 Å². The minimum Gasteiger partial charge on any atom is -0.355 e. The van der Waals surface area contributed by atoms with E-state index in [0.717, 1.165) is 17.0 Å². The van der Waals surface area contributed by atoms with Crippen molar-refractivity contribution in [2.75, 3.05) is 20.1 Å². The SMILES string of the molecule is CN=C(NCCNC(=O)c1cccc(Br)c1)NCc1cccs1. The summed E-state index contributed by atoms with van der Waals surface area (Å²) in [5.41, 5.74) is 0.638. The summed E-state index contributed by atoms with van der Waals surface area (Å²) in [6.45, 7) is 1.86. The van der Waals surface area contributed by atoms with Crippen LogP contribution in [-0.4, -0.2) is 32.0 Å². The summed E-state index contributed by atoms with van der Waals surface area (Å²) in [5.74, 6) is 0.629. The van der Waals surface area contributed by atoms with Crippen LogP contribution in [0.1, 0.15) is 15.2 Å². The quantitative estimate of drug-likeness (QED) is 0.400. The third-order valence-corrected chi connectivity index (χ3v) is 4.39. The van der Waals surface area contributed by atoms with Crippen LogP contribution in [0.2, 0.25) is 0 Å². The Labute approximate surface area is 148 Å². The Morgan fingerprint density at radius 3 is 2.70 bits per heavy atom. The van der Waals surface area contributed by atoms with Gasteiger partial charge in [-0.3, -0.25) is 9.79 Å². The number of halogens is 1. The van der Waals surface area contributed by atoms with Crippen molar-refractivity contribution in [2.45, 2.75) is 6.54 Å². The van der Waals surface area contributed by atoms with Crippen LogP contribution in [0.25, 0.3) is 0 Å². The molecular formula is C16H19BrN4OS. The Bertz CT molecular complexity index is 658. The molecule has 2 aromatic rings. The number of carbonyl (C=O) groups excluding carboxylic acids is 1. The lowest BCUT2D eigenvalue weighted by atomic mass is 10.2. The molecule has 7 heteroatoms. The second kappa shape index (κ2) is 9.32. The molecule has 0 unspecified atom stereocenters. The molecule has 0 saturated heterocycles. The molecule has 0 atom stereocenters. The van der Waals surface area contributed by atoms with Crippen molar-refractivity contribution >= 4 is 39.1 Å². The number of nitrogens with zero attached hydrogens (tertiary/aromatic N) is 1. The van der Waals surface area contributed by atoms with Gasteiger partial charge in [0, 0.05) is 35.1 Å². The van der Waals surface area contributed by atoms with Gasteiger partial charge < -0.3 is 16.0 Å². The highest BCUT2D eigenvalue weighted by Crippen LogP contribution is 2.11. The average Bonchev–Trinajstić information content (AvgIpc) is 3.07. The number of hydrogen-bond acceptors (Lipinski definition) is 3. The largest absolute Gasteiger partial charge is 0.355 e. The van der Waals surface area contributed by atoms with E-state index in [1.807, 2.05) is 23.6 Å². The first-order chi connectivity index (χ1) is 11.2. The summed E-state index contributed by atoms with van der Waals surface area (Å²) in [7, 11) is 1.73. The van der Waals surface area contributed by atoms with E-state index in [4.69, 9.17) is 0 Å². The van der Waals surface area contributed by atoms with Crippen molar-refractivity contribution in [3.63, 3.8) is 0 Å². The molecule has 23 heavy (non-hydrogen) atoms. The van der Waals surface area contributed by atoms with Gasteiger partial charge in [-0.25, -0.2) is 0 Å². The molecule has 1 aromatic heterocycles. The molecule has 0 aliphatic rings. The lowest BCUT2D eigenvalue weighted by Gasteiger charge is -2.11. The zero-order valence-electron chi connectivity index (χ0n) is 12.8. The van der Waals surface area contributed by atoms with Gasteiger partial charge in [0.05, 0.1) is 6.54 Å². The number of carbonyl (C=O) groups is 1. The van der Waals surface area contributed by atoms with E-state index in [0.29, 0.717) is 18.7 Å². The topological polar surface area (TPSA) is 65.5 Å². The summed E-state index contributed by atoms with van der Waals surface area (Å²) < 4.78 is 0.890. The Kier molecular flexibility index (Phi) is 7.09. The molecule has 1 aromatic carbocycles. The first-order valence-corrected chi connectivity index (χ1v) is 8.87. The standard InChI is InChI=1S/C16H19BrN4OS/c1-18-16(21-11-14-6-3-9-23-14)20-8-7-19-15(22)12-4-2-5-13(17)10-12/h2-6,9-10H,7-8,11H2,1H3,(H,19,22)(H2,18,20,21). The van der Waals surface area contributed by atoms with E-state index in [9.17, 15) is 4.79 Å². The maximum absolute atomic E-state index is 12.0. The van der Waals surface area contributed by atoms with Crippen LogP contribution in [0.15, 0.2) is 51.2 Å². The predicted octanol–water partition coefficient (Wildman–Crippen LogP) is 2.61. The molecule has 1 heterocycles. The van der Waals surface area contributed by atoms with Gasteiger partial charge >= 0.3 is 0 Å². The Balaban J connectivity index is 1.68. The number of aliphatic imine (C=N–C) groups is 1. The molecule has 0 saturated carbocycles. The summed E-state index contributed by atoms with van der Waals surface area (Å²) in [6.07, 6.45) is 0. The minimum absolute atomic E-state index is 0.0883. The summed E-state index contributed by atoms with van der Waals surface area (Å²) in [5, 5.41) is 11.3. The zero-order chi connectivity index (χ0) is 16.5. The van der Waals surface area contributed by atoms with Crippen molar-refractivity contribution in [3.05, 3.63) is 56.7 Å². The van der Waals surface area contributed by atoms with E-state index in [1.165, 1.54) is 4.88 Å². The lowest BCUT2D eigenvalue weighted by Crippen LogP contribution is -2.41. The number of hydrogen-bond donors (Lipinski definition) is 3. The van der Waals surface area contributed by atoms with Gasteiger partial charge in [0.1, 0.15) is 0 Å². The van der Waals surface area contributed by atoms with E-state index < -0.39 is 0 Å². The Hall–Kier alpha value is -1.86. The van der Waals surface area contributed by atoms with Crippen LogP contribution < -0.4 is 16.0 Å². The van der Waals surface area contributed by atoms with Crippen molar-refractivity contribution in [3.8, 4) is 0 Å². The fourth-order valence-corrected chi connectivity index (χ4v) is 2.94. The highest BCUT2D eigenvalue weighted by Gasteiger charge is 2.05. The maximum atomic E-state index is 12.0. The number of thiophene rings is 1. The van der Waals surface area contributed by atoms with Crippen LogP contribution in [-0.2, 0) is 6.54 Å². The monoisotopic (exact) mass is 394 g/mol. The number of rotatable bonds is 6. The minimum atomic E-state index is -0.0883. The predicted molar refractivity (Wildman–Crippen MR) is 99.0 cm³/mol. The number of nitrogens with one attached hydrogen (secondary N) is 3. The van der Waals surface area contributed by atoms with Crippen molar-refractivity contribution in [1.82, 2.24) is 16.0 Å². The number of amides is 1.